The van der Waals surface area contributed by atoms with Crippen molar-refractivity contribution < 1.29 is 25.2 Å². The van der Waals surface area contributed by atoms with Crippen molar-refractivity contribution in [3.05, 3.63) is 0 Å². The first-order chi connectivity index (χ1) is 8.90. The van der Waals surface area contributed by atoms with Gasteiger partial charge in [-0.05, 0) is 32.6 Å². The minimum atomic E-state index is -3.69. The van der Waals surface area contributed by atoms with E-state index in [1.54, 1.807) is 0 Å². The lowest BCUT2D eigenvalue weighted by molar-refractivity contribution is -0.00802. The summed E-state index contributed by atoms with van der Waals surface area (Å²) in [6.07, 6.45) is -1.12. The first-order valence-corrected chi connectivity index (χ1v) is 9.88. The van der Waals surface area contributed by atoms with Crippen molar-refractivity contribution >= 4 is 20.2 Å². The van der Waals surface area contributed by atoms with Crippen LogP contribution in [0.2, 0.25) is 0 Å². The highest BCUT2D eigenvalue weighted by Gasteiger charge is 2.38. The van der Waals surface area contributed by atoms with Crippen LogP contribution in [0.1, 0.15) is 48.0 Å². The lowest BCUT2D eigenvalue weighted by atomic mass is 9.81. The molecule has 2 unspecified atom stereocenters. The average molecular weight is 330 g/mol. The third kappa shape index (κ3) is 6.07. The first-order valence-electron chi connectivity index (χ1n) is 6.72. The van der Waals surface area contributed by atoms with E-state index in [1.165, 1.54) is 20.8 Å². The van der Waals surface area contributed by atoms with Gasteiger partial charge in [0, 0.05) is 0 Å². The topological polar surface area (TPSA) is 86.7 Å². The van der Waals surface area contributed by atoms with Crippen molar-refractivity contribution in [1.29, 1.82) is 0 Å². The van der Waals surface area contributed by atoms with Crippen molar-refractivity contribution in [3.8, 4) is 0 Å². The van der Waals surface area contributed by atoms with Crippen LogP contribution in [0.25, 0.3) is 0 Å². The number of hydrogen-bond acceptors (Lipinski definition) is 6. The molecule has 8 heteroatoms. The van der Waals surface area contributed by atoms with Gasteiger partial charge in [0.25, 0.3) is 20.2 Å². The Morgan fingerprint density at radius 2 is 1.30 bits per heavy atom. The van der Waals surface area contributed by atoms with E-state index in [-0.39, 0.29) is 11.5 Å². The molecule has 0 N–H and O–H groups in total. The molecule has 0 radical (unpaired) electrons. The summed E-state index contributed by atoms with van der Waals surface area (Å²) >= 11 is 0. The van der Waals surface area contributed by atoms with Gasteiger partial charge in [-0.3, -0.25) is 8.37 Å². The lowest BCUT2D eigenvalue weighted by Crippen LogP contribution is -2.44. The van der Waals surface area contributed by atoms with Gasteiger partial charge in [0.2, 0.25) is 0 Å². The second-order valence-electron chi connectivity index (χ2n) is 5.35. The molecule has 0 aromatic heterocycles. The average Bonchev–Trinajstić information content (AvgIpc) is 2.35. The number of rotatable bonds is 9. The van der Waals surface area contributed by atoms with E-state index in [2.05, 4.69) is 0 Å². The molecule has 0 aromatic carbocycles. The van der Waals surface area contributed by atoms with E-state index in [1.807, 2.05) is 20.8 Å². The summed E-state index contributed by atoms with van der Waals surface area (Å²) in [6.45, 7) is 9.98. The molecule has 0 saturated carbocycles. The Morgan fingerprint density at radius 1 is 0.900 bits per heavy atom. The van der Waals surface area contributed by atoms with Gasteiger partial charge in [0.05, 0.1) is 11.5 Å². The second kappa shape index (κ2) is 7.20. The van der Waals surface area contributed by atoms with Crippen LogP contribution in [0.5, 0.6) is 0 Å². The molecular formula is C12H26O6S2. The standard InChI is InChI=1S/C12H26O6S2/c1-7-12(5,6)11(18-20(15,16)9-3)10(4)17-19(13,14)8-2/h10-11H,7-9H2,1-6H3. The summed E-state index contributed by atoms with van der Waals surface area (Å²) in [4.78, 5) is 0. The maximum atomic E-state index is 11.7. The molecule has 0 aliphatic heterocycles. The molecule has 0 amide bonds. The summed E-state index contributed by atoms with van der Waals surface area (Å²) in [6, 6.07) is 0. The van der Waals surface area contributed by atoms with Crippen molar-refractivity contribution in [2.45, 2.75) is 60.2 Å². The van der Waals surface area contributed by atoms with Crippen LogP contribution < -0.4 is 0 Å². The summed E-state index contributed by atoms with van der Waals surface area (Å²) in [5.74, 6) is -0.340. The van der Waals surface area contributed by atoms with Gasteiger partial charge < -0.3 is 0 Å². The van der Waals surface area contributed by atoms with E-state index < -0.39 is 37.9 Å². The predicted molar refractivity (Wildman–Crippen MR) is 78.4 cm³/mol. The summed E-state index contributed by atoms with van der Waals surface area (Å²) < 4.78 is 56.6. The zero-order valence-corrected chi connectivity index (χ0v) is 14.7. The molecule has 2 atom stereocenters. The van der Waals surface area contributed by atoms with Crippen LogP contribution in [-0.4, -0.2) is 40.5 Å². The van der Waals surface area contributed by atoms with E-state index in [0.29, 0.717) is 6.42 Å². The van der Waals surface area contributed by atoms with E-state index in [0.717, 1.165) is 0 Å². The summed E-state index contributed by atoms with van der Waals surface area (Å²) in [5.41, 5.74) is -0.537. The van der Waals surface area contributed by atoms with Gasteiger partial charge in [-0.25, -0.2) is 0 Å². The van der Waals surface area contributed by atoms with Crippen molar-refractivity contribution in [2.75, 3.05) is 11.5 Å². The van der Waals surface area contributed by atoms with Gasteiger partial charge in [-0.2, -0.15) is 16.8 Å². The minimum absolute atomic E-state index is 0.170. The Labute approximate surface area is 123 Å². The fourth-order valence-corrected chi connectivity index (χ4v) is 3.19. The quantitative estimate of drug-likeness (QED) is 0.600. The molecule has 20 heavy (non-hydrogen) atoms. The first kappa shape index (κ1) is 19.8. The van der Waals surface area contributed by atoms with Gasteiger partial charge in [-0.1, -0.05) is 20.8 Å². The molecule has 0 aromatic rings. The molecule has 0 saturated heterocycles. The highest BCUT2D eigenvalue weighted by Crippen LogP contribution is 2.32. The van der Waals surface area contributed by atoms with Crippen LogP contribution in [-0.2, 0) is 28.6 Å². The molecule has 0 aliphatic rings. The fraction of sp³-hybridized carbons (Fsp3) is 1.00. The molecule has 0 bridgehead atoms. The lowest BCUT2D eigenvalue weighted by Gasteiger charge is -2.35. The van der Waals surface area contributed by atoms with Crippen molar-refractivity contribution in [2.24, 2.45) is 5.41 Å². The van der Waals surface area contributed by atoms with Gasteiger partial charge in [0.1, 0.15) is 12.2 Å². The van der Waals surface area contributed by atoms with Gasteiger partial charge in [0.15, 0.2) is 0 Å². The van der Waals surface area contributed by atoms with Crippen LogP contribution >= 0.6 is 0 Å². The maximum absolute atomic E-state index is 11.7. The monoisotopic (exact) mass is 330 g/mol. The van der Waals surface area contributed by atoms with Crippen molar-refractivity contribution in [3.63, 3.8) is 0 Å². The Morgan fingerprint density at radius 3 is 1.65 bits per heavy atom. The highest BCUT2D eigenvalue weighted by atomic mass is 32.2. The maximum Gasteiger partial charge on any atom is 0.267 e. The Balaban J connectivity index is 5.34. The summed E-state index contributed by atoms with van der Waals surface area (Å²) in [7, 11) is -7.36. The molecule has 6 nitrogen and oxygen atoms in total. The van der Waals surface area contributed by atoms with Gasteiger partial charge >= 0.3 is 0 Å². The summed E-state index contributed by atoms with van der Waals surface area (Å²) in [5, 5.41) is 0. The molecule has 122 valence electrons. The van der Waals surface area contributed by atoms with E-state index in [4.69, 9.17) is 8.37 Å². The SMILES string of the molecule is CCC(C)(C)C(OS(=O)(=O)CC)C(C)OS(=O)(=O)CC. The van der Waals surface area contributed by atoms with Crippen LogP contribution in [0.3, 0.4) is 0 Å². The molecule has 0 aliphatic carbocycles. The van der Waals surface area contributed by atoms with Crippen LogP contribution in [0, 0.1) is 5.41 Å². The highest BCUT2D eigenvalue weighted by molar-refractivity contribution is 7.87. The third-order valence-corrected chi connectivity index (χ3v) is 5.88. The van der Waals surface area contributed by atoms with E-state index in [9.17, 15) is 16.8 Å². The molecule has 0 heterocycles. The Bertz CT molecular complexity index is 492. The normalized spacial score (nSPS) is 16.9. The zero-order valence-electron chi connectivity index (χ0n) is 13.0. The smallest absolute Gasteiger partial charge is 0.264 e. The zero-order chi connectivity index (χ0) is 16.2. The van der Waals surface area contributed by atoms with Crippen LogP contribution in [0.15, 0.2) is 0 Å². The van der Waals surface area contributed by atoms with E-state index >= 15 is 0 Å². The van der Waals surface area contributed by atoms with Gasteiger partial charge in [-0.15, -0.1) is 0 Å². The number of hydrogen-bond donors (Lipinski definition) is 0. The molecule has 0 rings (SSSR count). The minimum Gasteiger partial charge on any atom is -0.264 e. The molecule has 0 spiro atoms. The Kier molecular flexibility index (Phi) is 7.13. The molecule has 0 fully saturated rings. The van der Waals surface area contributed by atoms with Crippen molar-refractivity contribution in [1.82, 2.24) is 0 Å². The molecular weight excluding hydrogens is 304 g/mol. The largest absolute Gasteiger partial charge is 0.267 e. The second-order valence-corrected chi connectivity index (χ2v) is 9.12. The predicted octanol–water partition coefficient (Wildman–Crippen LogP) is 1.91. The van der Waals surface area contributed by atoms with Crippen LogP contribution in [0.4, 0.5) is 0 Å². The third-order valence-electron chi connectivity index (χ3n) is 3.36. The Hall–Kier alpha value is -0.180. The fourth-order valence-electron chi connectivity index (χ4n) is 1.62.